The Morgan fingerprint density at radius 1 is 0.871 bits per heavy atom. The second kappa shape index (κ2) is 9.45. The number of benzene rings is 3. The number of nitrogens with zero attached hydrogens (tertiary/aromatic N) is 1. The van der Waals surface area contributed by atoms with Crippen molar-refractivity contribution in [2.75, 3.05) is 11.9 Å². The van der Waals surface area contributed by atoms with Crippen molar-refractivity contribution in [1.82, 2.24) is 4.31 Å². The first kappa shape index (κ1) is 22.7. The van der Waals surface area contributed by atoms with E-state index in [1.807, 2.05) is 45.9 Å². The van der Waals surface area contributed by atoms with Crippen LogP contribution in [0.5, 0.6) is 0 Å². The van der Waals surface area contributed by atoms with E-state index < -0.39 is 10.0 Å². The maximum Gasteiger partial charge on any atom is 0.255 e. The van der Waals surface area contributed by atoms with Crippen molar-refractivity contribution < 1.29 is 13.2 Å². The maximum absolute atomic E-state index is 13.0. The van der Waals surface area contributed by atoms with E-state index in [9.17, 15) is 13.2 Å². The Balaban J connectivity index is 1.74. The molecule has 3 aromatic rings. The minimum absolute atomic E-state index is 0.191. The lowest BCUT2D eigenvalue weighted by atomic mass is 10.1. The van der Waals surface area contributed by atoms with Crippen LogP contribution in [0.1, 0.15) is 39.5 Å². The fourth-order valence-electron chi connectivity index (χ4n) is 3.39. The molecule has 31 heavy (non-hydrogen) atoms. The lowest BCUT2D eigenvalue weighted by Crippen LogP contribution is -2.30. The van der Waals surface area contributed by atoms with Gasteiger partial charge in [0.1, 0.15) is 0 Å². The van der Waals surface area contributed by atoms with E-state index in [0.717, 1.165) is 27.9 Å². The van der Waals surface area contributed by atoms with Crippen molar-refractivity contribution >= 4 is 21.6 Å². The molecule has 0 bridgehead atoms. The number of para-hydroxylation sites is 1. The van der Waals surface area contributed by atoms with Crippen molar-refractivity contribution in [1.29, 1.82) is 0 Å². The van der Waals surface area contributed by atoms with Crippen LogP contribution in [0.25, 0.3) is 0 Å². The fourth-order valence-corrected chi connectivity index (χ4v) is 4.83. The molecule has 162 valence electrons. The van der Waals surface area contributed by atoms with Crippen LogP contribution in [-0.4, -0.2) is 25.2 Å². The molecule has 0 spiro atoms. The maximum atomic E-state index is 13.0. The molecule has 0 saturated carbocycles. The monoisotopic (exact) mass is 436 g/mol. The van der Waals surface area contributed by atoms with Crippen LogP contribution in [0.3, 0.4) is 0 Å². The Kier molecular flexibility index (Phi) is 6.93. The molecule has 1 amide bonds. The molecule has 0 aliphatic carbocycles. The Hall–Kier alpha value is -2.96. The molecule has 0 saturated heterocycles. The van der Waals surface area contributed by atoms with E-state index >= 15 is 0 Å². The highest BCUT2D eigenvalue weighted by atomic mass is 32.2. The smallest absolute Gasteiger partial charge is 0.255 e. The van der Waals surface area contributed by atoms with Crippen molar-refractivity contribution in [3.05, 3.63) is 94.5 Å². The van der Waals surface area contributed by atoms with Crippen LogP contribution in [0.2, 0.25) is 0 Å². The topological polar surface area (TPSA) is 66.5 Å². The summed E-state index contributed by atoms with van der Waals surface area (Å²) in [4.78, 5) is 12.9. The molecule has 0 fully saturated rings. The molecular weight excluding hydrogens is 408 g/mol. The predicted molar refractivity (Wildman–Crippen MR) is 125 cm³/mol. The number of anilines is 1. The molecule has 0 aliphatic rings. The van der Waals surface area contributed by atoms with Crippen molar-refractivity contribution in [3.8, 4) is 0 Å². The predicted octanol–water partition coefficient (Wildman–Crippen LogP) is 5.07. The Bertz CT molecular complexity index is 1150. The average molecular weight is 437 g/mol. The zero-order chi connectivity index (χ0) is 22.6. The van der Waals surface area contributed by atoms with Gasteiger partial charge in [-0.2, -0.15) is 4.31 Å². The summed E-state index contributed by atoms with van der Waals surface area (Å²) >= 11 is 0. The summed E-state index contributed by atoms with van der Waals surface area (Å²) in [7, 11) is -3.59. The van der Waals surface area contributed by atoms with Gasteiger partial charge in [0.2, 0.25) is 10.0 Å². The summed E-state index contributed by atoms with van der Waals surface area (Å²) in [6, 6.07) is 19.8. The van der Waals surface area contributed by atoms with Crippen LogP contribution < -0.4 is 5.32 Å². The highest BCUT2D eigenvalue weighted by molar-refractivity contribution is 7.89. The number of carbonyl (C=O) groups excluding carboxylic acids is 1. The molecule has 3 aromatic carbocycles. The van der Waals surface area contributed by atoms with Gasteiger partial charge in [0, 0.05) is 24.3 Å². The van der Waals surface area contributed by atoms with Gasteiger partial charge in [0.05, 0.1) is 4.90 Å². The minimum Gasteiger partial charge on any atom is -0.322 e. The van der Waals surface area contributed by atoms with Crippen LogP contribution in [0, 0.1) is 20.8 Å². The van der Waals surface area contributed by atoms with Gasteiger partial charge in [-0.1, -0.05) is 55.0 Å². The minimum atomic E-state index is -3.59. The van der Waals surface area contributed by atoms with Crippen molar-refractivity contribution in [3.63, 3.8) is 0 Å². The third-order valence-corrected chi connectivity index (χ3v) is 7.24. The molecule has 0 heterocycles. The third-order valence-electron chi connectivity index (χ3n) is 5.31. The molecule has 5 nitrogen and oxygen atoms in total. The van der Waals surface area contributed by atoms with Gasteiger partial charge in [-0.3, -0.25) is 4.79 Å². The quantitative estimate of drug-likeness (QED) is 0.562. The molecule has 6 heteroatoms. The van der Waals surface area contributed by atoms with Gasteiger partial charge in [0.25, 0.3) is 5.91 Å². The van der Waals surface area contributed by atoms with E-state index in [-0.39, 0.29) is 17.3 Å². The summed E-state index contributed by atoms with van der Waals surface area (Å²) in [5.41, 5.74) is 5.18. The molecule has 1 N–H and O–H groups in total. The first-order valence-corrected chi connectivity index (χ1v) is 11.7. The summed E-state index contributed by atoms with van der Waals surface area (Å²) in [5.74, 6) is -0.191. The van der Waals surface area contributed by atoms with E-state index in [0.29, 0.717) is 12.1 Å². The van der Waals surface area contributed by atoms with Gasteiger partial charge in [0.15, 0.2) is 0 Å². The van der Waals surface area contributed by atoms with Crippen LogP contribution in [0.4, 0.5) is 5.69 Å². The molecule has 0 aromatic heterocycles. The van der Waals surface area contributed by atoms with Crippen molar-refractivity contribution in [2.45, 2.75) is 39.1 Å². The second-order valence-corrected chi connectivity index (χ2v) is 9.60. The number of sulfonamides is 1. The summed E-state index contributed by atoms with van der Waals surface area (Å²) < 4.78 is 27.4. The number of rotatable bonds is 7. The van der Waals surface area contributed by atoms with Gasteiger partial charge < -0.3 is 5.32 Å². The molecule has 0 atom stereocenters. The molecular formula is C25H28N2O3S. The van der Waals surface area contributed by atoms with E-state index in [2.05, 4.69) is 5.32 Å². The average Bonchev–Trinajstić information content (AvgIpc) is 2.75. The van der Waals surface area contributed by atoms with Gasteiger partial charge in [-0.25, -0.2) is 8.42 Å². The van der Waals surface area contributed by atoms with Crippen LogP contribution >= 0.6 is 0 Å². The second-order valence-electron chi connectivity index (χ2n) is 7.66. The third kappa shape index (κ3) is 5.21. The highest BCUT2D eigenvalue weighted by Crippen LogP contribution is 2.22. The van der Waals surface area contributed by atoms with Crippen molar-refractivity contribution in [2.24, 2.45) is 0 Å². The number of nitrogens with one attached hydrogen (secondary N) is 1. The van der Waals surface area contributed by atoms with E-state index in [1.165, 1.54) is 4.31 Å². The lowest BCUT2D eigenvalue weighted by molar-refractivity contribution is 0.102. The highest BCUT2D eigenvalue weighted by Gasteiger charge is 2.23. The normalized spacial score (nSPS) is 11.5. The van der Waals surface area contributed by atoms with E-state index in [1.54, 1.807) is 48.5 Å². The van der Waals surface area contributed by atoms with Gasteiger partial charge in [-0.15, -0.1) is 0 Å². The summed E-state index contributed by atoms with van der Waals surface area (Å²) in [6.45, 7) is 8.25. The number of hydrogen-bond donors (Lipinski definition) is 1. The Labute approximate surface area is 184 Å². The zero-order valence-corrected chi connectivity index (χ0v) is 19.2. The molecule has 3 rings (SSSR count). The molecule has 0 radical (unpaired) electrons. The molecule has 0 unspecified atom stereocenters. The first-order chi connectivity index (χ1) is 14.7. The largest absolute Gasteiger partial charge is 0.322 e. The van der Waals surface area contributed by atoms with Gasteiger partial charge >= 0.3 is 0 Å². The van der Waals surface area contributed by atoms with Crippen LogP contribution in [-0.2, 0) is 16.6 Å². The SMILES string of the molecule is CCN(Cc1ccc(C(=O)Nc2c(C)cccc2C)cc1)S(=O)(=O)c1ccc(C)cc1. The summed E-state index contributed by atoms with van der Waals surface area (Å²) in [6.07, 6.45) is 0. The number of carbonyl (C=O) groups is 1. The Morgan fingerprint density at radius 3 is 2.00 bits per heavy atom. The number of hydrogen-bond acceptors (Lipinski definition) is 3. The summed E-state index contributed by atoms with van der Waals surface area (Å²) in [5, 5.41) is 2.97. The number of amides is 1. The first-order valence-electron chi connectivity index (χ1n) is 10.3. The standard InChI is InChI=1S/C25H28N2O3S/c1-5-27(31(29,30)23-15-9-18(2)10-16-23)17-21-11-13-22(14-12-21)25(28)26-24-19(3)7-6-8-20(24)4/h6-16H,5,17H2,1-4H3,(H,26,28). The fraction of sp³-hybridized carbons (Fsp3) is 0.240. The van der Waals surface area contributed by atoms with Crippen LogP contribution in [0.15, 0.2) is 71.6 Å². The lowest BCUT2D eigenvalue weighted by Gasteiger charge is -2.21. The zero-order valence-electron chi connectivity index (χ0n) is 18.3. The Morgan fingerprint density at radius 2 is 1.45 bits per heavy atom. The van der Waals surface area contributed by atoms with E-state index in [4.69, 9.17) is 0 Å². The number of aryl methyl sites for hydroxylation is 3. The molecule has 0 aliphatic heterocycles. The van der Waals surface area contributed by atoms with Gasteiger partial charge in [-0.05, 0) is 61.7 Å².